The molecule has 0 saturated heterocycles. The first kappa shape index (κ1) is 12.2. The number of nitrogens with two attached hydrogens (primary N) is 1. The normalized spacial score (nSPS) is 12.7. The zero-order valence-corrected chi connectivity index (χ0v) is 10.6. The predicted molar refractivity (Wildman–Crippen MR) is 64.3 cm³/mol. The quantitative estimate of drug-likeness (QED) is 0.661. The number of aromatic nitrogens is 3. The van der Waals surface area contributed by atoms with Crippen molar-refractivity contribution in [1.29, 1.82) is 0 Å². The van der Waals surface area contributed by atoms with Crippen LogP contribution in [0.4, 0.5) is 4.39 Å². The second kappa shape index (κ2) is 4.91. The molecule has 5 nitrogen and oxygen atoms in total. The standard InChI is InChI=1S/C10H11BrFN5/c1-17-9(10(11)15-16-17)8(14-13)6-3-2-4-7(12)5-6/h2-5,8,14H,13H2,1H3. The first-order valence-electron chi connectivity index (χ1n) is 4.90. The lowest BCUT2D eigenvalue weighted by atomic mass is 10.0. The van der Waals surface area contributed by atoms with Gasteiger partial charge in [0.25, 0.3) is 0 Å². The van der Waals surface area contributed by atoms with E-state index in [1.165, 1.54) is 12.1 Å². The minimum absolute atomic E-state index is 0.311. The minimum atomic E-state index is -0.375. The first-order valence-corrected chi connectivity index (χ1v) is 5.69. The van der Waals surface area contributed by atoms with Crippen LogP contribution in [0.25, 0.3) is 0 Å². The second-order valence-electron chi connectivity index (χ2n) is 3.54. The van der Waals surface area contributed by atoms with Gasteiger partial charge in [-0.2, -0.15) is 0 Å². The fourth-order valence-corrected chi connectivity index (χ4v) is 2.22. The third-order valence-corrected chi connectivity index (χ3v) is 3.01. The van der Waals surface area contributed by atoms with E-state index in [9.17, 15) is 4.39 Å². The average Bonchev–Trinajstić information content (AvgIpc) is 2.62. The van der Waals surface area contributed by atoms with E-state index in [0.29, 0.717) is 10.2 Å². The van der Waals surface area contributed by atoms with Gasteiger partial charge in [-0.15, -0.1) is 5.10 Å². The molecule has 1 heterocycles. The van der Waals surface area contributed by atoms with E-state index in [1.807, 2.05) is 0 Å². The molecule has 2 rings (SSSR count). The molecule has 3 N–H and O–H groups in total. The van der Waals surface area contributed by atoms with E-state index >= 15 is 0 Å². The molecular formula is C10H11BrFN5. The number of aryl methyl sites for hydroxylation is 1. The van der Waals surface area contributed by atoms with E-state index in [-0.39, 0.29) is 11.9 Å². The highest BCUT2D eigenvalue weighted by Crippen LogP contribution is 2.26. The lowest BCUT2D eigenvalue weighted by molar-refractivity contribution is 0.562. The number of halogens is 2. The van der Waals surface area contributed by atoms with Gasteiger partial charge in [0.1, 0.15) is 5.82 Å². The van der Waals surface area contributed by atoms with Gasteiger partial charge in [0.2, 0.25) is 0 Å². The van der Waals surface area contributed by atoms with Gasteiger partial charge in [0.05, 0.1) is 11.7 Å². The summed E-state index contributed by atoms with van der Waals surface area (Å²) >= 11 is 3.29. The zero-order valence-electron chi connectivity index (χ0n) is 9.06. The molecule has 1 atom stereocenters. The van der Waals surface area contributed by atoms with Crippen molar-refractivity contribution in [3.05, 3.63) is 45.9 Å². The van der Waals surface area contributed by atoms with Crippen molar-refractivity contribution in [2.45, 2.75) is 6.04 Å². The van der Waals surface area contributed by atoms with Gasteiger partial charge in [0.15, 0.2) is 4.60 Å². The monoisotopic (exact) mass is 299 g/mol. The Morgan fingerprint density at radius 3 is 2.82 bits per heavy atom. The Bertz CT molecular complexity index is 508. The maximum absolute atomic E-state index is 13.2. The van der Waals surface area contributed by atoms with Crippen LogP contribution in [-0.4, -0.2) is 15.0 Å². The van der Waals surface area contributed by atoms with Gasteiger partial charge in [0, 0.05) is 7.05 Å². The lowest BCUT2D eigenvalue weighted by Crippen LogP contribution is -2.30. The molecular weight excluding hydrogens is 289 g/mol. The summed E-state index contributed by atoms with van der Waals surface area (Å²) in [5, 5.41) is 7.74. The zero-order chi connectivity index (χ0) is 12.4. The van der Waals surface area contributed by atoms with Crippen molar-refractivity contribution in [3.8, 4) is 0 Å². The number of hydrogen-bond acceptors (Lipinski definition) is 4. The maximum Gasteiger partial charge on any atom is 0.153 e. The van der Waals surface area contributed by atoms with Crippen molar-refractivity contribution in [2.75, 3.05) is 0 Å². The van der Waals surface area contributed by atoms with E-state index in [2.05, 4.69) is 31.7 Å². The smallest absolute Gasteiger partial charge is 0.153 e. The maximum atomic E-state index is 13.2. The molecule has 1 aromatic carbocycles. The molecule has 0 radical (unpaired) electrons. The topological polar surface area (TPSA) is 68.8 Å². The first-order chi connectivity index (χ1) is 8.13. The summed E-state index contributed by atoms with van der Waals surface area (Å²) in [6.45, 7) is 0. The van der Waals surface area contributed by atoms with Gasteiger partial charge in [-0.05, 0) is 33.6 Å². The summed E-state index contributed by atoms with van der Waals surface area (Å²) in [5.41, 5.74) is 4.07. The van der Waals surface area contributed by atoms with Crippen molar-refractivity contribution >= 4 is 15.9 Å². The number of rotatable bonds is 3. The molecule has 0 aliphatic heterocycles. The molecule has 90 valence electrons. The molecule has 0 spiro atoms. The third kappa shape index (κ3) is 2.36. The van der Waals surface area contributed by atoms with Gasteiger partial charge in [-0.25, -0.2) is 14.5 Å². The molecule has 0 aliphatic rings. The number of benzene rings is 1. The van der Waals surface area contributed by atoms with Crippen LogP contribution in [0.2, 0.25) is 0 Å². The largest absolute Gasteiger partial charge is 0.271 e. The Hall–Kier alpha value is -1.31. The van der Waals surface area contributed by atoms with Crippen LogP contribution in [-0.2, 0) is 7.05 Å². The van der Waals surface area contributed by atoms with Crippen molar-refractivity contribution < 1.29 is 4.39 Å². The SMILES string of the molecule is Cn1nnc(Br)c1C(NN)c1cccc(F)c1. The van der Waals surface area contributed by atoms with E-state index in [4.69, 9.17) is 5.84 Å². The Labute approximate surface area is 106 Å². The molecule has 1 aromatic heterocycles. The summed E-state index contributed by atoms with van der Waals surface area (Å²) in [5.74, 6) is 5.21. The molecule has 1 unspecified atom stereocenters. The van der Waals surface area contributed by atoms with Crippen molar-refractivity contribution in [3.63, 3.8) is 0 Å². The van der Waals surface area contributed by atoms with Crippen LogP contribution in [0.5, 0.6) is 0 Å². The summed E-state index contributed by atoms with van der Waals surface area (Å²) in [6.07, 6.45) is 0. The van der Waals surface area contributed by atoms with E-state index in [0.717, 1.165) is 5.69 Å². The van der Waals surface area contributed by atoms with Crippen LogP contribution in [0.3, 0.4) is 0 Å². The van der Waals surface area contributed by atoms with Crippen LogP contribution in [0.15, 0.2) is 28.9 Å². The third-order valence-electron chi connectivity index (χ3n) is 2.45. The van der Waals surface area contributed by atoms with E-state index < -0.39 is 0 Å². The highest BCUT2D eigenvalue weighted by atomic mass is 79.9. The fraction of sp³-hybridized carbons (Fsp3) is 0.200. The van der Waals surface area contributed by atoms with Gasteiger partial charge >= 0.3 is 0 Å². The summed E-state index contributed by atoms with van der Waals surface area (Å²) < 4.78 is 15.3. The van der Waals surface area contributed by atoms with Crippen molar-refractivity contribution in [1.82, 2.24) is 20.4 Å². The molecule has 0 aliphatic carbocycles. The highest BCUT2D eigenvalue weighted by molar-refractivity contribution is 9.10. The predicted octanol–water partition coefficient (Wildman–Crippen LogP) is 1.27. The number of hydrogen-bond donors (Lipinski definition) is 2. The van der Waals surface area contributed by atoms with Crippen molar-refractivity contribution in [2.24, 2.45) is 12.9 Å². The molecule has 0 bridgehead atoms. The van der Waals surface area contributed by atoms with Gasteiger partial charge < -0.3 is 0 Å². The molecule has 7 heteroatoms. The lowest BCUT2D eigenvalue weighted by Gasteiger charge is -2.16. The Balaban J connectivity index is 2.47. The second-order valence-corrected chi connectivity index (χ2v) is 4.29. The molecule has 0 amide bonds. The molecule has 2 aromatic rings. The number of nitrogens with zero attached hydrogens (tertiary/aromatic N) is 3. The summed E-state index contributed by atoms with van der Waals surface area (Å²) in [6, 6.07) is 5.84. The summed E-state index contributed by atoms with van der Waals surface area (Å²) in [7, 11) is 1.75. The minimum Gasteiger partial charge on any atom is -0.271 e. The van der Waals surface area contributed by atoms with Gasteiger partial charge in [-0.3, -0.25) is 5.84 Å². The van der Waals surface area contributed by atoms with Crippen LogP contribution in [0, 0.1) is 5.82 Å². The number of nitrogens with one attached hydrogen (secondary N) is 1. The Morgan fingerprint density at radius 1 is 1.53 bits per heavy atom. The molecule has 17 heavy (non-hydrogen) atoms. The fourth-order valence-electron chi connectivity index (χ4n) is 1.66. The van der Waals surface area contributed by atoms with Crippen LogP contribution < -0.4 is 11.3 Å². The summed E-state index contributed by atoms with van der Waals surface area (Å²) in [4.78, 5) is 0. The molecule has 0 saturated carbocycles. The highest BCUT2D eigenvalue weighted by Gasteiger charge is 2.21. The van der Waals surface area contributed by atoms with Crippen LogP contribution >= 0.6 is 15.9 Å². The van der Waals surface area contributed by atoms with Gasteiger partial charge in [-0.1, -0.05) is 17.3 Å². The average molecular weight is 300 g/mol. The Kier molecular flexibility index (Phi) is 3.51. The number of hydrazine groups is 1. The van der Waals surface area contributed by atoms with E-state index in [1.54, 1.807) is 23.9 Å². The Morgan fingerprint density at radius 2 is 2.29 bits per heavy atom. The van der Waals surface area contributed by atoms with Crippen LogP contribution in [0.1, 0.15) is 17.3 Å². The molecule has 0 fully saturated rings.